The van der Waals surface area contributed by atoms with Crippen LogP contribution in [0.2, 0.25) is 0 Å². The van der Waals surface area contributed by atoms with Gasteiger partial charge in [0, 0.05) is 33.4 Å². The van der Waals surface area contributed by atoms with Crippen molar-refractivity contribution in [2.24, 2.45) is 5.73 Å². The zero-order valence-electron chi connectivity index (χ0n) is 17.9. The first-order chi connectivity index (χ1) is 14.5. The lowest BCUT2D eigenvalue weighted by Crippen LogP contribution is -2.61. The molecule has 0 unspecified atom stereocenters. The smallest absolute Gasteiger partial charge is 0.323 e. The van der Waals surface area contributed by atoms with Crippen LogP contribution in [0.5, 0.6) is 0 Å². The number of thioether (sulfide) groups is 1. The monoisotopic (exact) mass is 465 g/mol. The predicted molar refractivity (Wildman–Crippen MR) is 104 cm³/mol. The summed E-state index contributed by atoms with van der Waals surface area (Å²) in [6, 6.07) is -1.01. The molecule has 0 aromatic carbocycles. The van der Waals surface area contributed by atoms with Crippen molar-refractivity contribution in [1.29, 1.82) is 0 Å². The summed E-state index contributed by atoms with van der Waals surface area (Å²) in [6.45, 7) is 4.24. The molecule has 0 saturated carbocycles. The van der Waals surface area contributed by atoms with Crippen LogP contribution in [0.15, 0.2) is 0 Å². The molecule has 12 nitrogen and oxygen atoms in total. The van der Waals surface area contributed by atoms with Crippen LogP contribution in [0.4, 0.5) is 0 Å². The Bertz CT molecular complexity index is 685. The molecule has 0 aromatic rings. The summed E-state index contributed by atoms with van der Waals surface area (Å²) < 4.78 is 31.3. The van der Waals surface area contributed by atoms with E-state index in [1.165, 1.54) is 14.0 Å². The van der Waals surface area contributed by atoms with Gasteiger partial charge in [-0.2, -0.15) is 0 Å². The highest BCUT2D eigenvalue weighted by Crippen LogP contribution is 2.34. The molecule has 6 atom stereocenters. The van der Waals surface area contributed by atoms with E-state index in [1.54, 1.807) is 0 Å². The molecule has 1 saturated heterocycles. The molecular weight excluding hydrogens is 438 g/mol. The van der Waals surface area contributed by atoms with Gasteiger partial charge in [-0.1, -0.05) is 0 Å². The second-order valence-corrected chi connectivity index (χ2v) is 7.66. The van der Waals surface area contributed by atoms with Gasteiger partial charge in [0.2, 0.25) is 0 Å². The summed E-state index contributed by atoms with van der Waals surface area (Å²) in [4.78, 5) is 58.0. The number of hydrogen-bond acceptors (Lipinski definition) is 13. The van der Waals surface area contributed by atoms with Gasteiger partial charge >= 0.3 is 29.8 Å². The van der Waals surface area contributed by atoms with E-state index in [1.807, 2.05) is 0 Å². The maximum absolute atomic E-state index is 11.7. The van der Waals surface area contributed by atoms with E-state index < -0.39 is 65.7 Å². The normalized spacial score (nSPS) is 26.2. The van der Waals surface area contributed by atoms with E-state index in [-0.39, 0.29) is 12.4 Å². The van der Waals surface area contributed by atoms with E-state index in [0.717, 1.165) is 32.5 Å². The fourth-order valence-electron chi connectivity index (χ4n) is 2.74. The molecular formula is C18H27NO11S. The van der Waals surface area contributed by atoms with E-state index >= 15 is 0 Å². The fourth-order valence-corrected chi connectivity index (χ4v) is 3.90. The fraction of sp³-hybridized carbons (Fsp3) is 0.722. The highest BCUT2D eigenvalue weighted by molar-refractivity contribution is 7.99. The van der Waals surface area contributed by atoms with Crippen molar-refractivity contribution in [2.75, 3.05) is 19.5 Å². The molecule has 176 valence electrons. The molecule has 2 N–H and O–H groups in total. The molecule has 0 radical (unpaired) electrons. The minimum atomic E-state index is -1.27. The first kappa shape index (κ1) is 26.7. The molecule has 1 aliphatic heterocycles. The molecule has 13 heteroatoms. The van der Waals surface area contributed by atoms with Gasteiger partial charge in [0.15, 0.2) is 18.3 Å². The third-order valence-corrected chi connectivity index (χ3v) is 5.15. The van der Waals surface area contributed by atoms with Crippen molar-refractivity contribution in [2.45, 2.75) is 63.6 Å². The van der Waals surface area contributed by atoms with Crippen molar-refractivity contribution in [3.05, 3.63) is 0 Å². The summed E-state index contributed by atoms with van der Waals surface area (Å²) in [5, 5.41) is 0. The lowest BCUT2D eigenvalue weighted by atomic mass is 9.99. The summed E-state index contributed by atoms with van der Waals surface area (Å²) in [6.07, 6.45) is -4.78. The average molecular weight is 465 g/mol. The van der Waals surface area contributed by atoms with Crippen molar-refractivity contribution in [3.63, 3.8) is 0 Å². The Hall–Kier alpha value is -2.38. The molecule has 1 aliphatic rings. The molecule has 31 heavy (non-hydrogen) atoms. The largest absolute Gasteiger partial charge is 0.468 e. The van der Waals surface area contributed by atoms with E-state index in [2.05, 4.69) is 4.74 Å². The molecule has 0 aliphatic carbocycles. The van der Waals surface area contributed by atoms with Gasteiger partial charge in [0.05, 0.1) is 7.11 Å². The van der Waals surface area contributed by atoms with Crippen molar-refractivity contribution in [1.82, 2.24) is 0 Å². The Morgan fingerprint density at radius 3 is 1.87 bits per heavy atom. The lowest BCUT2D eigenvalue weighted by molar-refractivity contribution is -0.237. The first-order valence-corrected chi connectivity index (χ1v) is 10.3. The second-order valence-electron chi connectivity index (χ2n) is 6.53. The maximum atomic E-state index is 11.7. The zero-order chi connectivity index (χ0) is 23.7. The molecule has 1 rings (SSSR count). The molecule has 0 spiro atoms. The predicted octanol–water partition coefficient (Wildman–Crippen LogP) is -0.697. The Kier molecular flexibility index (Phi) is 10.7. The van der Waals surface area contributed by atoms with Gasteiger partial charge in [-0.05, 0) is 0 Å². The maximum Gasteiger partial charge on any atom is 0.323 e. The van der Waals surface area contributed by atoms with Crippen LogP contribution in [0.1, 0.15) is 27.7 Å². The lowest BCUT2D eigenvalue weighted by Gasteiger charge is -2.44. The standard InChI is InChI=1S/C18H27NO11S/c1-8(20)26-6-13-14(27-9(2)21)15(28-10(3)22)16(29-11(4)23)18(30-13)31-7-12(19)17(24)25-5/h12-16,18H,6-7,19H2,1-5H3/t12-,13+,14-,15-,16+,18+/m0/s1. The summed E-state index contributed by atoms with van der Waals surface area (Å²) in [5.41, 5.74) is 4.75. The van der Waals surface area contributed by atoms with Gasteiger partial charge in [-0.3, -0.25) is 24.0 Å². The number of nitrogens with two attached hydrogens (primary N) is 1. The van der Waals surface area contributed by atoms with Crippen molar-refractivity contribution >= 4 is 41.6 Å². The minimum Gasteiger partial charge on any atom is -0.468 e. The number of ether oxygens (including phenoxy) is 6. The zero-order valence-corrected chi connectivity index (χ0v) is 18.7. The molecule has 0 amide bonds. The van der Waals surface area contributed by atoms with Gasteiger partial charge in [-0.25, -0.2) is 0 Å². The van der Waals surface area contributed by atoms with E-state index in [4.69, 9.17) is 29.4 Å². The van der Waals surface area contributed by atoms with Crippen LogP contribution < -0.4 is 5.73 Å². The molecule has 1 fully saturated rings. The summed E-state index contributed by atoms with van der Waals surface area (Å²) in [5.74, 6) is -3.46. The van der Waals surface area contributed by atoms with E-state index in [0.29, 0.717) is 0 Å². The highest BCUT2D eigenvalue weighted by Gasteiger charge is 2.52. The number of rotatable bonds is 9. The first-order valence-electron chi connectivity index (χ1n) is 9.21. The van der Waals surface area contributed by atoms with Gasteiger partial charge < -0.3 is 34.2 Å². The highest BCUT2D eigenvalue weighted by atomic mass is 32.2. The van der Waals surface area contributed by atoms with Crippen molar-refractivity contribution < 1.29 is 52.4 Å². The average Bonchev–Trinajstić information content (AvgIpc) is 2.66. The second kappa shape index (κ2) is 12.5. The SMILES string of the molecule is COC(=O)[C@@H](N)CS[C@H]1O[C@H](COC(C)=O)[C@H](OC(C)=O)[C@H](OC(C)=O)[C@H]1OC(C)=O. The van der Waals surface area contributed by atoms with Crippen LogP contribution in [-0.2, 0) is 52.4 Å². The summed E-state index contributed by atoms with van der Waals surface area (Å²) in [7, 11) is 1.18. The van der Waals surface area contributed by atoms with Crippen LogP contribution in [0.25, 0.3) is 0 Å². The third-order valence-electron chi connectivity index (χ3n) is 3.89. The van der Waals surface area contributed by atoms with Crippen molar-refractivity contribution in [3.8, 4) is 0 Å². The number of esters is 5. The number of hydrogen-bond donors (Lipinski definition) is 1. The molecule has 0 bridgehead atoms. The topological polar surface area (TPSA) is 167 Å². The Balaban J connectivity index is 3.25. The van der Waals surface area contributed by atoms with Crippen LogP contribution in [0.3, 0.4) is 0 Å². The third kappa shape index (κ3) is 8.71. The quantitative estimate of drug-likeness (QED) is 0.336. The van der Waals surface area contributed by atoms with E-state index in [9.17, 15) is 24.0 Å². The summed E-state index contributed by atoms with van der Waals surface area (Å²) >= 11 is 0.991. The number of methoxy groups -OCH3 is 1. The van der Waals surface area contributed by atoms with Gasteiger partial charge in [0.25, 0.3) is 0 Å². The molecule has 0 aromatic heterocycles. The van der Waals surface area contributed by atoms with Crippen LogP contribution in [-0.4, -0.2) is 85.2 Å². The molecule has 1 heterocycles. The number of carbonyl (C=O) groups excluding carboxylic acids is 5. The Labute approximate surface area is 183 Å². The minimum absolute atomic E-state index is 0.000411. The Morgan fingerprint density at radius 2 is 1.39 bits per heavy atom. The van der Waals surface area contributed by atoms with Gasteiger partial charge in [-0.15, -0.1) is 11.8 Å². The van der Waals surface area contributed by atoms with Gasteiger partial charge in [0.1, 0.15) is 24.2 Å². The van der Waals surface area contributed by atoms with Crippen LogP contribution in [0, 0.1) is 0 Å². The number of carbonyl (C=O) groups is 5. The Morgan fingerprint density at radius 1 is 0.871 bits per heavy atom. The van der Waals surface area contributed by atoms with Crippen LogP contribution >= 0.6 is 11.8 Å².